The van der Waals surface area contributed by atoms with Gasteiger partial charge in [0.25, 0.3) is 5.91 Å². The van der Waals surface area contributed by atoms with Crippen LogP contribution in [0.5, 0.6) is 0 Å². The highest BCUT2D eigenvalue weighted by molar-refractivity contribution is 5.88. The van der Waals surface area contributed by atoms with Gasteiger partial charge in [-0.1, -0.05) is 6.92 Å². The van der Waals surface area contributed by atoms with Gasteiger partial charge >= 0.3 is 0 Å². The average Bonchev–Trinajstić information content (AvgIpc) is 2.89. The van der Waals surface area contributed by atoms with Gasteiger partial charge in [-0.25, -0.2) is 4.39 Å². The minimum atomic E-state index is -0.773. The number of carbonyl (C=O) groups excluding carboxylic acids is 1. The lowest BCUT2D eigenvalue weighted by atomic mass is 9.95. The number of amides is 1. The number of fused-ring (bicyclic) bond motifs is 1. The Labute approximate surface area is 141 Å². The Morgan fingerprint density at radius 2 is 2.21 bits per heavy atom. The maximum absolute atomic E-state index is 14.0. The summed E-state index contributed by atoms with van der Waals surface area (Å²) in [5.41, 5.74) is 3.07. The number of ether oxygens (including phenoxy) is 1. The Morgan fingerprint density at radius 3 is 2.88 bits per heavy atom. The number of aromatic amines is 1. The summed E-state index contributed by atoms with van der Waals surface area (Å²) in [6.07, 6.45) is 3.57. The molecule has 1 fully saturated rings. The Morgan fingerprint density at radius 1 is 1.42 bits per heavy atom. The van der Waals surface area contributed by atoms with Crippen LogP contribution >= 0.6 is 0 Å². The fourth-order valence-electron chi connectivity index (χ4n) is 3.48. The Bertz CT molecular complexity index is 760. The largest absolute Gasteiger partial charge is 0.365 e. The van der Waals surface area contributed by atoms with Gasteiger partial charge in [-0.15, -0.1) is 0 Å². The quantitative estimate of drug-likeness (QED) is 0.896. The maximum Gasteiger partial charge on any atom is 0.252 e. The summed E-state index contributed by atoms with van der Waals surface area (Å²) >= 11 is 0. The Hall–Kier alpha value is -1.88. The topological polar surface area (TPSA) is 54.1 Å². The molecule has 1 unspecified atom stereocenters. The second-order valence-corrected chi connectivity index (χ2v) is 6.79. The van der Waals surface area contributed by atoms with Gasteiger partial charge in [0, 0.05) is 24.2 Å². The van der Waals surface area contributed by atoms with E-state index in [-0.39, 0.29) is 18.3 Å². The molecule has 2 N–H and O–H groups in total. The van der Waals surface area contributed by atoms with Crippen molar-refractivity contribution in [1.29, 1.82) is 0 Å². The van der Waals surface area contributed by atoms with Gasteiger partial charge in [0.2, 0.25) is 0 Å². The van der Waals surface area contributed by atoms with Crippen LogP contribution in [0, 0.1) is 12.7 Å². The molecule has 1 amide bonds. The lowest BCUT2D eigenvalue weighted by molar-refractivity contribution is -0.150. The van der Waals surface area contributed by atoms with Crippen molar-refractivity contribution >= 4 is 16.8 Å². The molecule has 0 aliphatic carbocycles. The van der Waals surface area contributed by atoms with Crippen molar-refractivity contribution in [3.05, 3.63) is 34.8 Å². The summed E-state index contributed by atoms with van der Waals surface area (Å²) in [6, 6.07) is 3.04. The van der Waals surface area contributed by atoms with Crippen molar-refractivity contribution in [2.75, 3.05) is 6.61 Å². The summed E-state index contributed by atoms with van der Waals surface area (Å²) < 4.78 is 19.7. The Kier molecular flexibility index (Phi) is 4.63. The molecule has 3 rings (SSSR count). The zero-order chi connectivity index (χ0) is 17.3. The molecule has 130 valence electrons. The van der Waals surface area contributed by atoms with Crippen molar-refractivity contribution in [3.8, 4) is 0 Å². The number of H-pyrrole nitrogens is 1. The monoisotopic (exact) mass is 332 g/mol. The van der Waals surface area contributed by atoms with Crippen molar-refractivity contribution in [2.24, 2.45) is 0 Å². The van der Waals surface area contributed by atoms with E-state index in [1.807, 2.05) is 13.8 Å². The molecule has 24 heavy (non-hydrogen) atoms. The molecule has 1 saturated heterocycles. The minimum absolute atomic E-state index is 0.126. The van der Waals surface area contributed by atoms with Crippen LogP contribution in [0.15, 0.2) is 12.1 Å². The highest BCUT2D eigenvalue weighted by atomic mass is 19.1. The zero-order valence-corrected chi connectivity index (χ0v) is 14.6. The molecule has 1 aromatic heterocycles. The Balaban J connectivity index is 1.83. The molecular formula is C19H25FN2O2. The van der Waals surface area contributed by atoms with Crippen LogP contribution in [-0.2, 0) is 22.5 Å². The van der Waals surface area contributed by atoms with E-state index in [1.54, 1.807) is 6.07 Å². The first kappa shape index (κ1) is 17.0. The predicted molar refractivity (Wildman–Crippen MR) is 92.4 cm³/mol. The van der Waals surface area contributed by atoms with Gasteiger partial charge in [-0.2, -0.15) is 0 Å². The minimum Gasteiger partial charge on any atom is -0.365 e. The molecule has 1 atom stereocenters. The van der Waals surface area contributed by atoms with E-state index in [9.17, 15) is 9.18 Å². The van der Waals surface area contributed by atoms with E-state index in [4.69, 9.17) is 4.74 Å². The van der Waals surface area contributed by atoms with Gasteiger partial charge in [0.1, 0.15) is 11.4 Å². The van der Waals surface area contributed by atoms with Gasteiger partial charge in [0.05, 0.1) is 5.52 Å². The highest BCUT2D eigenvalue weighted by Gasteiger charge is 2.35. The van der Waals surface area contributed by atoms with Gasteiger partial charge in [0.15, 0.2) is 0 Å². The third-order valence-electron chi connectivity index (χ3n) is 5.06. The fourth-order valence-corrected chi connectivity index (χ4v) is 3.48. The van der Waals surface area contributed by atoms with Gasteiger partial charge in [-0.05, 0) is 62.8 Å². The summed E-state index contributed by atoms with van der Waals surface area (Å²) in [6.45, 7) is 6.79. The van der Waals surface area contributed by atoms with Crippen LogP contribution in [-0.4, -0.2) is 23.1 Å². The van der Waals surface area contributed by atoms with E-state index in [1.165, 1.54) is 6.07 Å². The molecule has 2 aromatic rings. The van der Waals surface area contributed by atoms with Crippen LogP contribution in [0.3, 0.4) is 0 Å². The van der Waals surface area contributed by atoms with E-state index in [2.05, 4.69) is 17.2 Å². The molecule has 0 radical (unpaired) electrons. The molecule has 4 nitrogen and oxygen atoms in total. The number of carbonyl (C=O) groups is 1. The molecule has 5 heteroatoms. The summed E-state index contributed by atoms with van der Waals surface area (Å²) in [5, 5.41) is 3.81. The lowest BCUT2D eigenvalue weighted by Gasteiger charge is -2.32. The zero-order valence-electron chi connectivity index (χ0n) is 14.6. The van der Waals surface area contributed by atoms with E-state index >= 15 is 0 Å². The maximum atomic E-state index is 14.0. The van der Waals surface area contributed by atoms with Gasteiger partial charge in [-0.3, -0.25) is 4.79 Å². The standard InChI is InChI=1S/C19H25FN2O2/c1-4-16-12(2)15-10-14(20)9-13(17(15)22-16)11-21-18(23)19(3)7-5-6-8-24-19/h9-10,22H,4-8,11H2,1-3H3,(H,21,23). The van der Waals surface area contributed by atoms with Crippen molar-refractivity contribution in [2.45, 2.75) is 58.6 Å². The van der Waals surface area contributed by atoms with Crippen LogP contribution in [0.1, 0.15) is 49.9 Å². The average molecular weight is 332 g/mol. The third kappa shape index (κ3) is 3.05. The number of aryl methyl sites for hydroxylation is 2. The smallest absolute Gasteiger partial charge is 0.252 e. The van der Waals surface area contributed by atoms with Crippen LogP contribution < -0.4 is 5.32 Å². The number of hydrogen-bond acceptors (Lipinski definition) is 2. The van der Waals surface area contributed by atoms with Crippen molar-refractivity contribution < 1.29 is 13.9 Å². The van der Waals surface area contributed by atoms with Crippen LogP contribution in [0.4, 0.5) is 4.39 Å². The molecule has 2 heterocycles. The van der Waals surface area contributed by atoms with Crippen molar-refractivity contribution in [1.82, 2.24) is 10.3 Å². The number of aromatic nitrogens is 1. The molecule has 0 bridgehead atoms. The normalized spacial score (nSPS) is 21.2. The van der Waals surface area contributed by atoms with Crippen molar-refractivity contribution in [3.63, 3.8) is 0 Å². The first-order valence-electron chi connectivity index (χ1n) is 8.66. The van der Waals surface area contributed by atoms with E-state index in [0.29, 0.717) is 6.61 Å². The SMILES string of the molecule is CCc1[nH]c2c(CNC(=O)C3(C)CCCCO3)cc(F)cc2c1C. The van der Waals surface area contributed by atoms with Gasteiger partial charge < -0.3 is 15.0 Å². The number of halogens is 1. The molecular weight excluding hydrogens is 307 g/mol. The van der Waals surface area contributed by atoms with E-state index < -0.39 is 5.60 Å². The van der Waals surface area contributed by atoms with E-state index in [0.717, 1.165) is 53.4 Å². The van der Waals surface area contributed by atoms with Crippen LogP contribution in [0.2, 0.25) is 0 Å². The molecule has 1 aliphatic rings. The fraction of sp³-hybridized carbons (Fsp3) is 0.526. The number of nitrogens with one attached hydrogen (secondary N) is 2. The predicted octanol–water partition coefficient (Wildman–Crippen LogP) is 3.75. The molecule has 1 aliphatic heterocycles. The number of rotatable bonds is 4. The second-order valence-electron chi connectivity index (χ2n) is 6.79. The third-order valence-corrected chi connectivity index (χ3v) is 5.06. The first-order valence-corrected chi connectivity index (χ1v) is 8.66. The lowest BCUT2D eigenvalue weighted by Crippen LogP contribution is -2.48. The summed E-state index contributed by atoms with van der Waals surface area (Å²) in [5.74, 6) is -0.407. The highest BCUT2D eigenvalue weighted by Crippen LogP contribution is 2.28. The molecule has 1 aromatic carbocycles. The van der Waals surface area contributed by atoms with Crippen LogP contribution in [0.25, 0.3) is 10.9 Å². The summed E-state index contributed by atoms with van der Waals surface area (Å²) in [4.78, 5) is 15.9. The molecule has 0 saturated carbocycles. The number of benzene rings is 1. The second kappa shape index (κ2) is 6.55. The first-order chi connectivity index (χ1) is 11.4. The number of hydrogen-bond donors (Lipinski definition) is 2. The summed E-state index contributed by atoms with van der Waals surface area (Å²) in [7, 11) is 0. The molecule has 0 spiro atoms.